The summed E-state index contributed by atoms with van der Waals surface area (Å²) in [6.45, 7) is 2.74. The van der Waals surface area contributed by atoms with Gasteiger partial charge >= 0.3 is 0 Å². The van der Waals surface area contributed by atoms with Crippen LogP contribution in [0, 0.1) is 0 Å². The molecule has 0 fully saturated rings. The lowest BCUT2D eigenvalue weighted by molar-refractivity contribution is 0.102. The number of halogens is 1. The Morgan fingerprint density at radius 3 is 2.84 bits per heavy atom. The van der Waals surface area contributed by atoms with E-state index in [1.165, 1.54) is 0 Å². The summed E-state index contributed by atoms with van der Waals surface area (Å²) >= 11 is 5.89. The molecule has 0 saturated carbocycles. The van der Waals surface area contributed by atoms with E-state index in [1.807, 2.05) is 30.3 Å². The van der Waals surface area contributed by atoms with Crippen LogP contribution in [0.25, 0.3) is 10.9 Å². The third-order valence-electron chi connectivity index (χ3n) is 3.81. The van der Waals surface area contributed by atoms with E-state index in [-0.39, 0.29) is 5.91 Å². The Morgan fingerprint density at radius 2 is 2.00 bits per heavy atom. The molecule has 4 nitrogen and oxygen atoms in total. The Bertz CT molecular complexity index is 896. The maximum absolute atomic E-state index is 12.6. The second-order valence-electron chi connectivity index (χ2n) is 5.69. The highest BCUT2D eigenvalue weighted by Crippen LogP contribution is 2.25. The van der Waals surface area contributed by atoms with Gasteiger partial charge in [-0.1, -0.05) is 37.1 Å². The molecule has 0 spiro atoms. The predicted molar refractivity (Wildman–Crippen MR) is 102 cm³/mol. The number of rotatable bonds is 6. The van der Waals surface area contributed by atoms with E-state index in [4.69, 9.17) is 16.3 Å². The van der Waals surface area contributed by atoms with Crippen molar-refractivity contribution in [2.24, 2.45) is 0 Å². The third-order valence-corrected chi connectivity index (χ3v) is 4.02. The lowest BCUT2D eigenvalue weighted by atomic mass is 10.1. The Balaban J connectivity index is 1.79. The number of carbonyl (C=O) groups is 1. The van der Waals surface area contributed by atoms with Crippen molar-refractivity contribution in [3.8, 4) is 5.75 Å². The van der Waals surface area contributed by atoms with E-state index in [0.717, 1.165) is 23.7 Å². The molecule has 2 aromatic carbocycles. The molecule has 5 heteroatoms. The standard InChI is InChI=1S/C20H19ClN2O2/c1-2-3-12-25-18-7-5-4-6-17(18)23-20(24)15-8-10-16-14(13-15)9-11-19(21)22-16/h4-11,13H,2-3,12H2,1H3,(H,23,24). The molecule has 1 N–H and O–H groups in total. The van der Waals surface area contributed by atoms with E-state index < -0.39 is 0 Å². The van der Waals surface area contributed by atoms with Crippen molar-refractivity contribution in [3.05, 3.63) is 65.3 Å². The fraction of sp³-hybridized carbons (Fsp3) is 0.200. The zero-order valence-electron chi connectivity index (χ0n) is 14.0. The van der Waals surface area contributed by atoms with Gasteiger partial charge in [-0.25, -0.2) is 4.98 Å². The number of para-hydroxylation sites is 2. The summed E-state index contributed by atoms with van der Waals surface area (Å²) in [5.74, 6) is 0.488. The Kier molecular flexibility index (Phi) is 5.51. The maximum atomic E-state index is 12.6. The minimum atomic E-state index is -0.191. The Hall–Kier alpha value is -2.59. The molecule has 1 aromatic heterocycles. The van der Waals surface area contributed by atoms with Crippen molar-refractivity contribution in [3.63, 3.8) is 0 Å². The van der Waals surface area contributed by atoms with Gasteiger partial charge in [-0.2, -0.15) is 0 Å². The SMILES string of the molecule is CCCCOc1ccccc1NC(=O)c1ccc2nc(Cl)ccc2c1. The minimum Gasteiger partial charge on any atom is -0.491 e. The molecule has 0 unspecified atom stereocenters. The number of nitrogens with zero attached hydrogens (tertiary/aromatic N) is 1. The predicted octanol–water partition coefficient (Wildman–Crippen LogP) is 5.32. The number of fused-ring (bicyclic) bond motifs is 1. The number of carbonyl (C=O) groups excluding carboxylic acids is 1. The van der Waals surface area contributed by atoms with Crippen LogP contribution >= 0.6 is 11.6 Å². The van der Waals surface area contributed by atoms with Crippen molar-refractivity contribution in [1.29, 1.82) is 0 Å². The molecule has 1 amide bonds. The van der Waals surface area contributed by atoms with Gasteiger partial charge in [-0.15, -0.1) is 0 Å². The molecule has 0 aliphatic rings. The molecule has 128 valence electrons. The number of hydrogen-bond donors (Lipinski definition) is 1. The molecule has 0 saturated heterocycles. The molecule has 0 bridgehead atoms. The van der Waals surface area contributed by atoms with Gasteiger partial charge < -0.3 is 10.1 Å². The fourth-order valence-corrected chi connectivity index (χ4v) is 2.61. The first kappa shape index (κ1) is 17.2. The quantitative estimate of drug-likeness (QED) is 0.481. The van der Waals surface area contributed by atoms with Crippen LogP contribution in [0.1, 0.15) is 30.1 Å². The van der Waals surface area contributed by atoms with Crippen molar-refractivity contribution < 1.29 is 9.53 Å². The van der Waals surface area contributed by atoms with Crippen molar-refractivity contribution >= 4 is 34.1 Å². The van der Waals surface area contributed by atoms with Gasteiger partial charge in [-0.05, 0) is 48.9 Å². The van der Waals surface area contributed by atoms with Crippen LogP contribution in [-0.2, 0) is 0 Å². The molecular formula is C20H19ClN2O2. The maximum Gasteiger partial charge on any atom is 0.255 e. The van der Waals surface area contributed by atoms with Crippen molar-refractivity contribution in [2.45, 2.75) is 19.8 Å². The first-order chi connectivity index (χ1) is 12.2. The Morgan fingerprint density at radius 1 is 1.16 bits per heavy atom. The first-order valence-electron chi connectivity index (χ1n) is 8.27. The number of ether oxygens (including phenoxy) is 1. The van der Waals surface area contributed by atoms with E-state index in [9.17, 15) is 4.79 Å². The van der Waals surface area contributed by atoms with Crippen molar-refractivity contribution in [1.82, 2.24) is 4.98 Å². The summed E-state index contributed by atoms with van der Waals surface area (Å²) in [6.07, 6.45) is 2.03. The average Bonchev–Trinajstić information content (AvgIpc) is 2.63. The van der Waals surface area contributed by atoms with Crippen LogP contribution in [-0.4, -0.2) is 17.5 Å². The number of unbranched alkanes of at least 4 members (excludes halogenated alkanes) is 1. The number of anilines is 1. The second-order valence-corrected chi connectivity index (χ2v) is 6.08. The summed E-state index contributed by atoms with van der Waals surface area (Å²) in [5.41, 5.74) is 1.98. The Labute approximate surface area is 151 Å². The van der Waals surface area contributed by atoms with E-state index in [0.29, 0.717) is 28.8 Å². The number of amides is 1. The molecule has 0 aliphatic heterocycles. The van der Waals surface area contributed by atoms with Crippen LogP contribution in [0.4, 0.5) is 5.69 Å². The van der Waals surface area contributed by atoms with Gasteiger partial charge in [0.1, 0.15) is 10.9 Å². The van der Waals surface area contributed by atoms with Gasteiger partial charge in [0.05, 0.1) is 17.8 Å². The third kappa shape index (κ3) is 4.28. The molecule has 0 atom stereocenters. The molecule has 3 rings (SSSR count). The zero-order valence-corrected chi connectivity index (χ0v) is 14.7. The number of hydrogen-bond acceptors (Lipinski definition) is 3. The molecule has 25 heavy (non-hydrogen) atoms. The number of benzene rings is 2. The monoisotopic (exact) mass is 354 g/mol. The van der Waals surface area contributed by atoms with Crippen molar-refractivity contribution in [2.75, 3.05) is 11.9 Å². The zero-order chi connectivity index (χ0) is 17.6. The summed E-state index contributed by atoms with van der Waals surface area (Å²) in [6, 6.07) is 16.3. The summed E-state index contributed by atoms with van der Waals surface area (Å²) in [4.78, 5) is 16.8. The number of aromatic nitrogens is 1. The highest BCUT2D eigenvalue weighted by Gasteiger charge is 2.11. The van der Waals surface area contributed by atoms with Gasteiger partial charge in [0.25, 0.3) is 5.91 Å². The highest BCUT2D eigenvalue weighted by molar-refractivity contribution is 6.29. The van der Waals surface area contributed by atoms with Gasteiger partial charge in [0.2, 0.25) is 0 Å². The largest absolute Gasteiger partial charge is 0.491 e. The highest BCUT2D eigenvalue weighted by atomic mass is 35.5. The normalized spacial score (nSPS) is 10.6. The summed E-state index contributed by atoms with van der Waals surface area (Å²) in [5, 5.41) is 4.22. The van der Waals surface area contributed by atoms with Gasteiger partial charge in [0, 0.05) is 10.9 Å². The lowest BCUT2D eigenvalue weighted by Crippen LogP contribution is -2.13. The number of pyridine rings is 1. The van der Waals surface area contributed by atoms with E-state index >= 15 is 0 Å². The van der Waals surface area contributed by atoms with E-state index in [1.54, 1.807) is 24.3 Å². The van der Waals surface area contributed by atoms with Crippen LogP contribution < -0.4 is 10.1 Å². The molecule has 0 aliphatic carbocycles. The molecule has 1 heterocycles. The number of nitrogens with one attached hydrogen (secondary N) is 1. The lowest BCUT2D eigenvalue weighted by Gasteiger charge is -2.12. The smallest absolute Gasteiger partial charge is 0.255 e. The molecular weight excluding hydrogens is 336 g/mol. The topological polar surface area (TPSA) is 51.2 Å². The summed E-state index contributed by atoms with van der Waals surface area (Å²) in [7, 11) is 0. The van der Waals surface area contributed by atoms with Crippen LogP contribution in [0.5, 0.6) is 5.75 Å². The van der Waals surface area contributed by atoms with Crippen LogP contribution in [0.3, 0.4) is 0 Å². The molecule has 3 aromatic rings. The average molecular weight is 355 g/mol. The first-order valence-corrected chi connectivity index (χ1v) is 8.64. The minimum absolute atomic E-state index is 0.191. The fourth-order valence-electron chi connectivity index (χ4n) is 2.46. The molecule has 0 radical (unpaired) electrons. The van der Waals surface area contributed by atoms with Gasteiger partial charge in [-0.3, -0.25) is 4.79 Å². The van der Waals surface area contributed by atoms with Gasteiger partial charge in [0.15, 0.2) is 0 Å². The van der Waals surface area contributed by atoms with Crippen LogP contribution in [0.15, 0.2) is 54.6 Å². The second kappa shape index (κ2) is 7.99. The van der Waals surface area contributed by atoms with E-state index in [2.05, 4.69) is 17.2 Å². The summed E-state index contributed by atoms with van der Waals surface area (Å²) < 4.78 is 5.76. The van der Waals surface area contributed by atoms with Crippen LogP contribution in [0.2, 0.25) is 5.15 Å².